The molecular weight excluding hydrogens is 662 g/mol. The lowest BCUT2D eigenvalue weighted by atomic mass is 9.84. The molecule has 0 radical (unpaired) electrons. The fourth-order valence-electron chi connectivity index (χ4n) is 4.23. The van der Waals surface area contributed by atoms with Crippen LogP contribution in [-0.4, -0.2) is 33.8 Å². The van der Waals surface area contributed by atoms with Gasteiger partial charge in [0.1, 0.15) is 0 Å². The zero-order valence-electron chi connectivity index (χ0n) is 16.8. The Labute approximate surface area is 217 Å². The van der Waals surface area contributed by atoms with Gasteiger partial charge in [-0.05, 0) is 42.7 Å². The summed E-state index contributed by atoms with van der Waals surface area (Å²) in [5.41, 5.74) is 3.74. The van der Waals surface area contributed by atoms with Crippen LogP contribution in [0.15, 0.2) is 77.6 Å². The first kappa shape index (κ1) is 25.0. The molecule has 3 atom stereocenters. The third kappa shape index (κ3) is 5.46. The minimum absolute atomic E-state index is 0.0976. The van der Waals surface area contributed by atoms with E-state index in [1.54, 1.807) is 24.3 Å². The first-order chi connectivity index (χ1) is 14.5. The number of fused-ring (bicyclic) bond motifs is 1. The fraction of sp³-hybridized carbons (Fsp3) is 0.364. The van der Waals surface area contributed by atoms with Crippen LogP contribution in [-0.2, 0) is 4.74 Å². The standard InChI is InChI=1S/C22H25ClI2N2OS2/c1-4-9-17(15(3)23)21-13-22(28-5-2)18-14-26(29-24)19(12-20(18)27(21)30-25)16-10-7-6-8-11-16/h4,6-11,19-21H,1,3,5,12-14H2,2H3/b17-9+/t19-,20?,21-/m0/s1. The van der Waals surface area contributed by atoms with Crippen LogP contribution < -0.4 is 0 Å². The van der Waals surface area contributed by atoms with E-state index in [9.17, 15) is 0 Å². The highest BCUT2D eigenvalue weighted by Gasteiger charge is 2.45. The molecule has 2 heterocycles. The lowest BCUT2D eigenvalue weighted by molar-refractivity contribution is 0.139. The average molecular weight is 687 g/mol. The third-order valence-corrected chi connectivity index (χ3v) is 9.84. The summed E-state index contributed by atoms with van der Waals surface area (Å²) in [6.45, 7) is 11.5. The molecular formula is C22H25ClI2N2OS2. The van der Waals surface area contributed by atoms with Crippen LogP contribution in [0.3, 0.4) is 0 Å². The molecule has 1 saturated heterocycles. The van der Waals surface area contributed by atoms with Gasteiger partial charge in [-0.2, -0.15) is 0 Å². The maximum Gasteiger partial charge on any atom is 0.1000 e. The Bertz CT molecular complexity index is 834. The summed E-state index contributed by atoms with van der Waals surface area (Å²) in [6.07, 6.45) is 5.56. The second kappa shape index (κ2) is 12.0. The minimum atomic E-state index is 0.0976. The van der Waals surface area contributed by atoms with E-state index in [0.29, 0.717) is 17.7 Å². The number of halogens is 3. The molecule has 0 aliphatic carbocycles. The van der Waals surface area contributed by atoms with Gasteiger partial charge in [-0.1, -0.05) is 67.2 Å². The number of hydrogen-bond acceptors (Lipinski definition) is 5. The van der Waals surface area contributed by atoms with E-state index in [1.807, 2.05) is 6.08 Å². The first-order valence-corrected chi connectivity index (χ1v) is 16.8. The van der Waals surface area contributed by atoms with Gasteiger partial charge in [-0.15, -0.1) is 0 Å². The van der Waals surface area contributed by atoms with Gasteiger partial charge in [0.25, 0.3) is 0 Å². The topological polar surface area (TPSA) is 15.7 Å². The predicted octanol–water partition coefficient (Wildman–Crippen LogP) is 8.03. The van der Waals surface area contributed by atoms with Crippen LogP contribution in [0.2, 0.25) is 0 Å². The normalized spacial score (nSPS) is 25.7. The van der Waals surface area contributed by atoms with E-state index in [0.717, 1.165) is 30.7 Å². The van der Waals surface area contributed by atoms with Crippen molar-refractivity contribution in [1.29, 1.82) is 0 Å². The molecule has 162 valence electrons. The molecule has 0 amide bonds. The molecule has 1 fully saturated rings. The number of piperidine rings is 1. The number of allylic oxidation sites excluding steroid dienone is 2. The van der Waals surface area contributed by atoms with E-state index >= 15 is 0 Å². The Kier molecular flexibility index (Phi) is 9.99. The first-order valence-electron chi connectivity index (χ1n) is 9.75. The summed E-state index contributed by atoms with van der Waals surface area (Å²) in [4.78, 5) is 0. The SMILES string of the molecule is C=C/C=C(\C(=C)Cl)[C@@H]1CC(OCC)=C2CN(SI)[C@H](c3ccccc3)CC2N1SI. The molecule has 30 heavy (non-hydrogen) atoms. The van der Waals surface area contributed by atoms with E-state index < -0.39 is 0 Å². The summed E-state index contributed by atoms with van der Waals surface area (Å²) >= 11 is 11.2. The molecule has 0 spiro atoms. The van der Waals surface area contributed by atoms with Crippen molar-refractivity contribution in [2.45, 2.75) is 37.9 Å². The lowest BCUT2D eigenvalue weighted by Gasteiger charge is -2.49. The molecule has 0 bridgehead atoms. The van der Waals surface area contributed by atoms with Gasteiger partial charge in [0.2, 0.25) is 0 Å². The fourth-order valence-corrected chi connectivity index (χ4v) is 8.39. The lowest BCUT2D eigenvalue weighted by Crippen LogP contribution is -2.51. The van der Waals surface area contributed by atoms with Crippen molar-refractivity contribution in [2.24, 2.45) is 0 Å². The Morgan fingerprint density at radius 2 is 2.00 bits per heavy atom. The quantitative estimate of drug-likeness (QED) is 0.156. The van der Waals surface area contributed by atoms with Crippen LogP contribution in [0.1, 0.15) is 31.4 Å². The molecule has 0 saturated carbocycles. The summed E-state index contributed by atoms with van der Waals surface area (Å²) in [7, 11) is 3.53. The van der Waals surface area contributed by atoms with Crippen molar-refractivity contribution >= 4 is 72.3 Å². The van der Waals surface area contributed by atoms with Crippen LogP contribution >= 0.6 is 72.3 Å². The van der Waals surface area contributed by atoms with Crippen molar-refractivity contribution in [1.82, 2.24) is 8.61 Å². The van der Waals surface area contributed by atoms with Gasteiger partial charge in [-0.3, -0.25) is 0 Å². The molecule has 1 aromatic rings. The minimum Gasteiger partial charge on any atom is -0.498 e. The van der Waals surface area contributed by atoms with Gasteiger partial charge in [0.05, 0.1) is 18.4 Å². The molecule has 2 aliphatic rings. The Hall–Kier alpha value is 0.350. The summed E-state index contributed by atoms with van der Waals surface area (Å²) in [6, 6.07) is 11.5. The Morgan fingerprint density at radius 1 is 1.27 bits per heavy atom. The largest absolute Gasteiger partial charge is 0.498 e. The number of rotatable bonds is 8. The highest BCUT2D eigenvalue weighted by Crippen LogP contribution is 2.49. The summed E-state index contributed by atoms with van der Waals surface area (Å²) in [5, 5.41) is 0.564. The van der Waals surface area contributed by atoms with E-state index in [1.165, 1.54) is 11.1 Å². The van der Waals surface area contributed by atoms with Gasteiger partial charge in [0.15, 0.2) is 0 Å². The van der Waals surface area contributed by atoms with Gasteiger partial charge < -0.3 is 4.74 Å². The second-order valence-corrected chi connectivity index (χ2v) is 11.1. The third-order valence-electron chi connectivity index (χ3n) is 5.51. The van der Waals surface area contributed by atoms with Gasteiger partial charge in [-0.25, -0.2) is 8.61 Å². The van der Waals surface area contributed by atoms with Crippen LogP contribution in [0.25, 0.3) is 0 Å². The van der Waals surface area contributed by atoms with Crippen molar-refractivity contribution in [3.05, 3.63) is 83.1 Å². The molecule has 0 N–H and O–H groups in total. The van der Waals surface area contributed by atoms with Gasteiger partial charge >= 0.3 is 0 Å². The molecule has 2 aliphatic heterocycles. The smallest absolute Gasteiger partial charge is 0.1000 e. The molecule has 3 rings (SSSR count). The number of hydrogen-bond donors (Lipinski definition) is 0. The highest BCUT2D eigenvalue weighted by molar-refractivity contribution is 14.2. The van der Waals surface area contributed by atoms with Crippen molar-refractivity contribution in [2.75, 3.05) is 13.2 Å². The molecule has 8 heteroatoms. The molecule has 1 unspecified atom stereocenters. The average Bonchev–Trinajstić information content (AvgIpc) is 2.77. The highest BCUT2D eigenvalue weighted by atomic mass is 127. The maximum atomic E-state index is 6.43. The van der Waals surface area contributed by atoms with Crippen molar-refractivity contribution in [3.63, 3.8) is 0 Å². The van der Waals surface area contributed by atoms with E-state index in [-0.39, 0.29) is 12.1 Å². The summed E-state index contributed by atoms with van der Waals surface area (Å²) in [5.74, 6) is 1.10. The number of benzene rings is 1. The van der Waals surface area contributed by atoms with Crippen LogP contribution in [0.4, 0.5) is 0 Å². The summed E-state index contributed by atoms with van der Waals surface area (Å²) < 4.78 is 11.1. The van der Waals surface area contributed by atoms with E-state index in [4.69, 9.17) is 16.3 Å². The van der Waals surface area contributed by atoms with E-state index in [2.05, 4.69) is 101 Å². The second-order valence-electron chi connectivity index (χ2n) is 7.12. The molecule has 1 aromatic carbocycles. The van der Waals surface area contributed by atoms with Gasteiger partial charge in [0, 0.05) is 78.1 Å². The van der Waals surface area contributed by atoms with Crippen LogP contribution in [0, 0.1) is 0 Å². The zero-order chi connectivity index (χ0) is 21.7. The Balaban J connectivity index is 2.06. The maximum absolute atomic E-state index is 6.43. The van der Waals surface area contributed by atoms with Crippen LogP contribution in [0.5, 0.6) is 0 Å². The van der Waals surface area contributed by atoms with Crippen molar-refractivity contribution in [3.8, 4) is 0 Å². The zero-order valence-corrected chi connectivity index (χ0v) is 23.5. The molecule has 0 aromatic heterocycles. The van der Waals surface area contributed by atoms with Crippen molar-refractivity contribution < 1.29 is 4.74 Å². The predicted molar refractivity (Wildman–Crippen MR) is 150 cm³/mol. The Morgan fingerprint density at radius 3 is 2.57 bits per heavy atom. The number of ether oxygens (including phenoxy) is 1. The molecule has 3 nitrogen and oxygen atoms in total. The number of nitrogens with zero attached hydrogens (tertiary/aromatic N) is 2. The monoisotopic (exact) mass is 686 g/mol.